The zero-order valence-corrected chi connectivity index (χ0v) is 19.2. The van der Waals surface area contributed by atoms with Gasteiger partial charge in [0.25, 0.3) is 0 Å². The highest BCUT2D eigenvalue weighted by Crippen LogP contribution is 2.17. The van der Waals surface area contributed by atoms with Crippen molar-refractivity contribution < 1.29 is 33.3 Å². The number of pyridine rings is 1. The Hall–Kier alpha value is -3.63. The molecule has 0 aliphatic heterocycles. The van der Waals surface area contributed by atoms with Gasteiger partial charge < -0.3 is 19.8 Å². The zero-order chi connectivity index (χ0) is 25.4. The van der Waals surface area contributed by atoms with E-state index in [1.807, 2.05) is 24.3 Å². The number of hydrogen-bond donors (Lipinski definition) is 3. The number of hydrogen-bond acceptors (Lipinski definition) is 6. The van der Waals surface area contributed by atoms with E-state index in [0.29, 0.717) is 0 Å². The quantitative estimate of drug-likeness (QED) is 0.405. The molecule has 1 aromatic heterocycles. The Labute approximate surface area is 201 Å². The zero-order valence-electron chi connectivity index (χ0n) is 19.2. The van der Waals surface area contributed by atoms with Gasteiger partial charge in [0.1, 0.15) is 12.4 Å². The number of halogens is 2. The summed E-state index contributed by atoms with van der Waals surface area (Å²) < 4.78 is 32.5. The van der Waals surface area contributed by atoms with Gasteiger partial charge in [-0.3, -0.25) is 10.1 Å². The third-order valence-electron chi connectivity index (χ3n) is 5.60. The normalized spacial score (nSPS) is 12.7. The average molecular weight is 488 g/mol. The maximum atomic E-state index is 13.9. The Balaban J connectivity index is 1.59. The van der Waals surface area contributed by atoms with Gasteiger partial charge in [0.15, 0.2) is 11.6 Å². The number of nitrogens with zero attached hydrogens (tertiary/aromatic N) is 2. The lowest BCUT2D eigenvalue weighted by Crippen LogP contribution is -2.43. The highest BCUT2D eigenvalue weighted by molar-refractivity contribution is 5.89. The van der Waals surface area contributed by atoms with Crippen LogP contribution in [0.1, 0.15) is 18.4 Å². The summed E-state index contributed by atoms with van der Waals surface area (Å²) >= 11 is 0. The van der Waals surface area contributed by atoms with Crippen LogP contribution in [0.4, 0.5) is 19.4 Å². The molecule has 0 unspecified atom stereocenters. The first-order valence-corrected chi connectivity index (χ1v) is 11.0. The van der Waals surface area contributed by atoms with Crippen LogP contribution in [-0.4, -0.2) is 64.5 Å². The number of anilines is 1. The molecule has 8 nitrogen and oxygen atoms in total. The molecular formula is C25H27F2N3O5. The number of nitrogens with one attached hydrogen (secondary N) is 1. The molecule has 3 aromatic rings. The second-order valence-electron chi connectivity index (χ2n) is 8.08. The third kappa shape index (κ3) is 7.17. The molecule has 0 bridgehead atoms. The van der Waals surface area contributed by atoms with Crippen LogP contribution in [0, 0.1) is 11.6 Å². The van der Waals surface area contributed by atoms with Gasteiger partial charge in [-0.2, -0.15) is 0 Å². The first-order chi connectivity index (χ1) is 16.8. The minimum atomic E-state index is -1.15. The Morgan fingerprint density at radius 3 is 2.63 bits per heavy atom. The number of likely N-dealkylation sites (N-methyl/N-ethyl adjacent to an activating group) is 1. The van der Waals surface area contributed by atoms with Crippen molar-refractivity contribution in [2.45, 2.75) is 31.4 Å². The largest absolute Gasteiger partial charge is 0.447 e. The molecular weight excluding hydrogens is 460 g/mol. The minimum Gasteiger partial charge on any atom is -0.447 e. The van der Waals surface area contributed by atoms with E-state index in [0.717, 1.165) is 16.8 Å². The van der Waals surface area contributed by atoms with Crippen LogP contribution in [0.2, 0.25) is 0 Å². The highest BCUT2D eigenvalue weighted by atomic mass is 19.2. The number of aliphatic hydroxyl groups excluding tert-OH is 2. The molecule has 1 heterocycles. The maximum absolute atomic E-state index is 13.9. The van der Waals surface area contributed by atoms with Gasteiger partial charge in [0.2, 0.25) is 5.91 Å². The number of carbonyl (C=O) groups is 2. The Kier molecular flexibility index (Phi) is 9.04. The predicted octanol–water partition coefficient (Wildman–Crippen LogP) is 3.26. The summed E-state index contributed by atoms with van der Waals surface area (Å²) in [5.41, 5.74) is 0.0669. The van der Waals surface area contributed by atoms with Crippen molar-refractivity contribution in [3.63, 3.8) is 0 Å². The number of fused-ring (bicyclic) bond motifs is 1. The summed E-state index contributed by atoms with van der Waals surface area (Å²) in [5, 5.41) is 23.4. The Bertz CT molecular complexity index is 1180. The molecule has 3 rings (SSSR count). The van der Waals surface area contributed by atoms with Gasteiger partial charge in [0.05, 0.1) is 18.8 Å². The molecule has 186 valence electrons. The maximum Gasteiger partial charge on any atom is 0.412 e. The monoisotopic (exact) mass is 487 g/mol. The van der Waals surface area contributed by atoms with Gasteiger partial charge in [-0.15, -0.1) is 0 Å². The fraction of sp³-hybridized carbons (Fsp3) is 0.320. The molecule has 0 saturated heterocycles. The van der Waals surface area contributed by atoms with E-state index in [1.54, 1.807) is 12.3 Å². The van der Waals surface area contributed by atoms with Crippen molar-refractivity contribution in [2.75, 3.05) is 25.6 Å². The van der Waals surface area contributed by atoms with Crippen molar-refractivity contribution in [2.24, 2.45) is 0 Å². The van der Waals surface area contributed by atoms with E-state index >= 15 is 0 Å². The van der Waals surface area contributed by atoms with Crippen LogP contribution in [0.3, 0.4) is 0 Å². The number of carbonyl (C=O) groups excluding carboxylic acids is 2. The molecule has 0 saturated carbocycles. The highest BCUT2D eigenvalue weighted by Gasteiger charge is 2.25. The van der Waals surface area contributed by atoms with Crippen LogP contribution in [0.25, 0.3) is 10.8 Å². The molecule has 35 heavy (non-hydrogen) atoms. The summed E-state index contributed by atoms with van der Waals surface area (Å²) in [6.07, 6.45) is -0.565. The van der Waals surface area contributed by atoms with E-state index < -0.39 is 42.4 Å². The second kappa shape index (κ2) is 12.2. The van der Waals surface area contributed by atoms with Crippen LogP contribution in [0.5, 0.6) is 0 Å². The number of ether oxygens (including phenoxy) is 1. The van der Waals surface area contributed by atoms with E-state index in [4.69, 9.17) is 4.74 Å². The van der Waals surface area contributed by atoms with Crippen molar-refractivity contribution >= 4 is 28.6 Å². The topological polar surface area (TPSA) is 112 Å². The van der Waals surface area contributed by atoms with Crippen molar-refractivity contribution in [3.8, 4) is 0 Å². The van der Waals surface area contributed by atoms with Crippen LogP contribution < -0.4 is 5.32 Å². The van der Waals surface area contributed by atoms with Crippen LogP contribution >= 0.6 is 0 Å². The van der Waals surface area contributed by atoms with Crippen molar-refractivity contribution in [1.82, 2.24) is 9.88 Å². The van der Waals surface area contributed by atoms with E-state index in [-0.39, 0.29) is 37.3 Å². The number of rotatable bonds is 10. The summed E-state index contributed by atoms with van der Waals surface area (Å²) in [6, 6.07) is 12.2. The minimum absolute atomic E-state index is 0.0307. The molecule has 0 radical (unpaired) electrons. The second-order valence-corrected chi connectivity index (χ2v) is 8.08. The van der Waals surface area contributed by atoms with Crippen molar-refractivity contribution in [1.29, 1.82) is 0 Å². The van der Waals surface area contributed by atoms with E-state index in [2.05, 4.69) is 10.3 Å². The summed E-state index contributed by atoms with van der Waals surface area (Å²) in [7, 11) is 1.45. The standard InChI is InChI=1S/C25H27F2N3O5/c1-30(23(33)10-9-16-7-4-8-21(26)24(16)27)19(12-20(32)14-31)15-35-25(34)29-22-11-17-5-2-3-6-18(17)13-28-22/h2-8,11,13,19-20,31-32H,9-10,12,14-15H2,1H3,(H,28,29,34)/t19-,20+/m0/s1. The fourth-order valence-electron chi connectivity index (χ4n) is 3.55. The lowest BCUT2D eigenvalue weighted by molar-refractivity contribution is -0.133. The van der Waals surface area contributed by atoms with Gasteiger partial charge in [-0.25, -0.2) is 18.6 Å². The Morgan fingerprint density at radius 2 is 1.89 bits per heavy atom. The number of aliphatic hydroxyl groups is 2. The average Bonchev–Trinajstić information content (AvgIpc) is 2.86. The molecule has 0 aliphatic carbocycles. The molecule has 2 atom stereocenters. The van der Waals surface area contributed by atoms with Gasteiger partial charge in [-0.1, -0.05) is 36.4 Å². The predicted molar refractivity (Wildman–Crippen MR) is 126 cm³/mol. The molecule has 2 aromatic carbocycles. The Morgan fingerprint density at radius 1 is 1.14 bits per heavy atom. The third-order valence-corrected chi connectivity index (χ3v) is 5.60. The number of benzene rings is 2. The molecule has 0 fully saturated rings. The lowest BCUT2D eigenvalue weighted by atomic mass is 10.1. The lowest BCUT2D eigenvalue weighted by Gasteiger charge is -2.29. The van der Waals surface area contributed by atoms with Crippen molar-refractivity contribution in [3.05, 3.63) is 71.9 Å². The van der Waals surface area contributed by atoms with Gasteiger partial charge in [-0.05, 0) is 35.9 Å². The van der Waals surface area contributed by atoms with E-state index in [1.165, 1.54) is 24.1 Å². The molecule has 0 spiro atoms. The van der Waals surface area contributed by atoms with Gasteiger partial charge >= 0.3 is 6.09 Å². The number of aryl methyl sites for hydroxylation is 1. The summed E-state index contributed by atoms with van der Waals surface area (Å²) in [4.78, 5) is 30.4. The summed E-state index contributed by atoms with van der Waals surface area (Å²) in [6.45, 7) is -0.812. The molecule has 2 amide bonds. The smallest absolute Gasteiger partial charge is 0.412 e. The fourth-order valence-corrected chi connectivity index (χ4v) is 3.55. The molecule has 0 aliphatic rings. The van der Waals surface area contributed by atoms with E-state index in [9.17, 15) is 28.6 Å². The van der Waals surface area contributed by atoms with Crippen LogP contribution in [-0.2, 0) is 16.0 Å². The van der Waals surface area contributed by atoms with Crippen LogP contribution in [0.15, 0.2) is 54.7 Å². The number of amides is 2. The first-order valence-electron chi connectivity index (χ1n) is 11.0. The molecule has 3 N–H and O–H groups in total. The van der Waals surface area contributed by atoms with Gasteiger partial charge in [0, 0.05) is 25.1 Å². The number of aromatic nitrogens is 1. The first kappa shape index (κ1) is 26.0. The summed E-state index contributed by atoms with van der Waals surface area (Å²) in [5.74, 6) is -2.14. The molecule has 10 heteroatoms. The SMILES string of the molecule is CN(C(=O)CCc1cccc(F)c1F)[C@H](COC(=O)Nc1cc2ccccc2cn1)C[C@@H](O)CO.